The summed E-state index contributed by atoms with van der Waals surface area (Å²) < 4.78 is 26.8. The third-order valence-corrected chi connectivity index (χ3v) is 5.47. The number of thiophene rings is 1. The van der Waals surface area contributed by atoms with Crippen molar-refractivity contribution in [2.75, 3.05) is 6.61 Å². The van der Waals surface area contributed by atoms with Crippen LogP contribution in [0.1, 0.15) is 13.8 Å². The van der Waals surface area contributed by atoms with Crippen molar-refractivity contribution >= 4 is 44.6 Å². The number of hydrogen-bond acceptors (Lipinski definition) is 4. The van der Waals surface area contributed by atoms with Gasteiger partial charge < -0.3 is 5.11 Å². The number of aliphatic hydroxyl groups is 1. The van der Waals surface area contributed by atoms with Crippen LogP contribution >= 0.6 is 34.5 Å². The van der Waals surface area contributed by atoms with Crippen molar-refractivity contribution in [1.82, 2.24) is 4.72 Å². The Hall–Kier alpha value is 0.150. The molecule has 0 amide bonds. The molecule has 8 heteroatoms. The predicted molar refractivity (Wildman–Crippen MR) is 70.4 cm³/mol. The van der Waals surface area contributed by atoms with E-state index in [0.29, 0.717) is 4.34 Å². The van der Waals surface area contributed by atoms with Gasteiger partial charge in [0.1, 0.15) is 9.23 Å². The Morgan fingerprint density at radius 1 is 1.47 bits per heavy atom. The van der Waals surface area contributed by atoms with E-state index >= 15 is 0 Å². The van der Waals surface area contributed by atoms with Gasteiger partial charge in [0, 0.05) is 6.04 Å². The summed E-state index contributed by atoms with van der Waals surface area (Å²) in [7, 11) is -3.74. The zero-order chi connectivity index (χ0) is 13.2. The number of rotatable bonds is 5. The minimum atomic E-state index is -3.74. The van der Waals surface area contributed by atoms with Crippen molar-refractivity contribution in [2.24, 2.45) is 5.92 Å². The molecule has 1 rings (SSSR count). The van der Waals surface area contributed by atoms with Gasteiger partial charge >= 0.3 is 0 Å². The fraction of sp³-hybridized carbons (Fsp3) is 0.556. The van der Waals surface area contributed by atoms with E-state index in [2.05, 4.69) is 4.72 Å². The minimum absolute atomic E-state index is 0.0253. The summed E-state index contributed by atoms with van der Waals surface area (Å²) in [6.45, 7) is 3.35. The Labute approximate surface area is 115 Å². The van der Waals surface area contributed by atoms with Gasteiger partial charge in [-0.2, -0.15) is 0 Å². The van der Waals surface area contributed by atoms with Gasteiger partial charge in [0.25, 0.3) is 0 Å². The summed E-state index contributed by atoms with van der Waals surface area (Å²) in [4.78, 5) is -0.0479. The van der Waals surface area contributed by atoms with Crippen LogP contribution in [-0.4, -0.2) is 26.2 Å². The van der Waals surface area contributed by atoms with Gasteiger partial charge in [-0.15, -0.1) is 11.3 Å². The largest absolute Gasteiger partial charge is 0.395 e. The van der Waals surface area contributed by atoms with Crippen LogP contribution in [0, 0.1) is 5.92 Å². The first-order valence-electron chi connectivity index (χ1n) is 4.86. The van der Waals surface area contributed by atoms with E-state index in [4.69, 9.17) is 28.3 Å². The Bertz CT molecular complexity index is 484. The molecule has 1 atom stereocenters. The quantitative estimate of drug-likeness (QED) is 0.876. The first kappa shape index (κ1) is 15.2. The Kier molecular flexibility index (Phi) is 5.24. The highest BCUT2D eigenvalue weighted by molar-refractivity contribution is 7.89. The Morgan fingerprint density at radius 3 is 2.41 bits per heavy atom. The summed E-state index contributed by atoms with van der Waals surface area (Å²) >= 11 is 12.5. The molecule has 2 N–H and O–H groups in total. The average Bonchev–Trinajstić information content (AvgIpc) is 2.54. The van der Waals surface area contributed by atoms with E-state index in [-0.39, 0.29) is 21.8 Å². The molecule has 1 heterocycles. The second-order valence-electron chi connectivity index (χ2n) is 3.84. The monoisotopic (exact) mass is 317 g/mol. The van der Waals surface area contributed by atoms with Crippen LogP contribution in [0.3, 0.4) is 0 Å². The van der Waals surface area contributed by atoms with Gasteiger partial charge in [0.15, 0.2) is 0 Å². The predicted octanol–water partition coefficient (Wildman–Crippen LogP) is 2.35. The number of hydrogen-bond donors (Lipinski definition) is 2. The molecule has 1 aromatic heterocycles. The van der Waals surface area contributed by atoms with Gasteiger partial charge in [0.05, 0.1) is 10.9 Å². The molecule has 0 aromatic carbocycles. The summed E-state index contributed by atoms with van der Waals surface area (Å²) in [6.07, 6.45) is 0. The maximum absolute atomic E-state index is 12.0. The van der Waals surface area contributed by atoms with E-state index in [0.717, 1.165) is 11.3 Å². The maximum atomic E-state index is 12.0. The van der Waals surface area contributed by atoms with Gasteiger partial charge in [-0.1, -0.05) is 37.0 Å². The summed E-state index contributed by atoms with van der Waals surface area (Å²) in [5.41, 5.74) is 0. The molecule has 0 aliphatic carbocycles. The van der Waals surface area contributed by atoms with Gasteiger partial charge in [-0.05, 0) is 12.0 Å². The molecule has 0 spiro atoms. The molecular weight excluding hydrogens is 305 g/mol. The zero-order valence-electron chi connectivity index (χ0n) is 9.28. The maximum Gasteiger partial charge on any atom is 0.243 e. The lowest BCUT2D eigenvalue weighted by Gasteiger charge is -2.19. The number of aliphatic hydroxyl groups excluding tert-OH is 1. The topological polar surface area (TPSA) is 66.4 Å². The van der Waals surface area contributed by atoms with Gasteiger partial charge in [-0.25, -0.2) is 13.1 Å². The molecular formula is C9H13Cl2NO3S2. The smallest absolute Gasteiger partial charge is 0.243 e. The lowest BCUT2D eigenvalue weighted by atomic mass is 10.1. The van der Waals surface area contributed by atoms with Crippen LogP contribution in [0.25, 0.3) is 0 Å². The van der Waals surface area contributed by atoms with E-state index in [1.807, 2.05) is 13.8 Å². The molecule has 0 radical (unpaired) electrons. The van der Waals surface area contributed by atoms with Gasteiger partial charge in [-0.3, -0.25) is 0 Å². The second kappa shape index (κ2) is 5.86. The zero-order valence-corrected chi connectivity index (χ0v) is 12.4. The molecule has 1 aromatic rings. The highest BCUT2D eigenvalue weighted by Gasteiger charge is 2.25. The molecule has 0 aliphatic rings. The molecule has 0 bridgehead atoms. The number of halogens is 2. The van der Waals surface area contributed by atoms with Crippen LogP contribution in [-0.2, 0) is 10.0 Å². The van der Waals surface area contributed by atoms with Crippen molar-refractivity contribution in [2.45, 2.75) is 24.8 Å². The van der Waals surface area contributed by atoms with Crippen molar-refractivity contribution < 1.29 is 13.5 Å². The molecule has 17 heavy (non-hydrogen) atoms. The summed E-state index contributed by atoms with van der Waals surface area (Å²) in [5, 5.41) is 9.10. The third kappa shape index (κ3) is 3.81. The highest BCUT2D eigenvalue weighted by atomic mass is 35.5. The molecule has 4 nitrogen and oxygen atoms in total. The SMILES string of the molecule is CC(C)C(CO)NS(=O)(=O)c1cc(Cl)sc1Cl. The molecule has 0 saturated carbocycles. The van der Waals surface area contributed by atoms with Crippen LogP contribution in [0.4, 0.5) is 0 Å². The van der Waals surface area contributed by atoms with E-state index in [1.54, 1.807) is 0 Å². The molecule has 0 saturated heterocycles. The third-order valence-electron chi connectivity index (χ3n) is 2.22. The minimum Gasteiger partial charge on any atom is -0.395 e. The van der Waals surface area contributed by atoms with Crippen LogP contribution in [0.15, 0.2) is 11.0 Å². The van der Waals surface area contributed by atoms with E-state index < -0.39 is 16.1 Å². The van der Waals surface area contributed by atoms with E-state index in [1.165, 1.54) is 6.07 Å². The highest BCUT2D eigenvalue weighted by Crippen LogP contribution is 2.34. The van der Waals surface area contributed by atoms with Crippen molar-refractivity contribution in [3.8, 4) is 0 Å². The average molecular weight is 318 g/mol. The molecule has 98 valence electrons. The first-order valence-corrected chi connectivity index (χ1v) is 7.91. The Morgan fingerprint density at radius 2 is 2.06 bits per heavy atom. The lowest BCUT2D eigenvalue weighted by Crippen LogP contribution is -2.40. The van der Waals surface area contributed by atoms with Crippen LogP contribution in [0.5, 0.6) is 0 Å². The van der Waals surface area contributed by atoms with Gasteiger partial charge in [0.2, 0.25) is 10.0 Å². The van der Waals surface area contributed by atoms with Crippen molar-refractivity contribution in [3.05, 3.63) is 14.7 Å². The first-order chi connectivity index (χ1) is 7.77. The molecule has 1 unspecified atom stereocenters. The van der Waals surface area contributed by atoms with Crippen LogP contribution in [0.2, 0.25) is 8.67 Å². The second-order valence-corrected chi connectivity index (χ2v) is 7.81. The Balaban J connectivity index is 3.00. The lowest BCUT2D eigenvalue weighted by molar-refractivity contribution is 0.227. The molecule has 0 aliphatic heterocycles. The van der Waals surface area contributed by atoms with Crippen molar-refractivity contribution in [3.63, 3.8) is 0 Å². The van der Waals surface area contributed by atoms with E-state index in [9.17, 15) is 8.42 Å². The fourth-order valence-electron chi connectivity index (χ4n) is 1.16. The standard InChI is InChI=1S/C9H13Cl2NO3S2/c1-5(2)6(4-13)12-17(14,15)7-3-8(10)16-9(7)11/h3,5-6,12-13H,4H2,1-2H3. The number of sulfonamides is 1. The molecule has 0 fully saturated rings. The van der Waals surface area contributed by atoms with Crippen molar-refractivity contribution in [1.29, 1.82) is 0 Å². The fourth-order valence-corrected chi connectivity index (χ4v) is 4.68. The summed E-state index contributed by atoms with van der Waals surface area (Å²) in [5.74, 6) is -0.0253. The van der Waals surface area contributed by atoms with Crippen LogP contribution < -0.4 is 4.72 Å². The number of nitrogens with one attached hydrogen (secondary N) is 1. The summed E-state index contributed by atoms with van der Waals surface area (Å²) in [6, 6.07) is 0.751. The normalized spacial score (nSPS) is 14.2.